The number of nitrogens with one attached hydrogen (secondary N) is 1. The molecule has 0 radical (unpaired) electrons. The summed E-state index contributed by atoms with van der Waals surface area (Å²) in [5.41, 5.74) is -0.509. The van der Waals surface area contributed by atoms with E-state index in [4.69, 9.17) is 4.74 Å². The van der Waals surface area contributed by atoms with Crippen LogP contribution in [0.4, 0.5) is 4.79 Å². The number of amides is 1. The summed E-state index contributed by atoms with van der Waals surface area (Å²) >= 11 is 3.47. The van der Waals surface area contributed by atoms with Crippen LogP contribution in [0.25, 0.3) is 0 Å². The van der Waals surface area contributed by atoms with Gasteiger partial charge in [0.1, 0.15) is 11.4 Å². The van der Waals surface area contributed by atoms with Gasteiger partial charge in [-0.15, -0.1) is 0 Å². The molecule has 0 aromatic carbocycles. The number of halogens is 1. The highest BCUT2D eigenvalue weighted by atomic mass is 79.9. The Morgan fingerprint density at radius 3 is 2.69 bits per heavy atom. The molecule has 0 aromatic heterocycles. The topological polar surface area (TPSA) is 55.4 Å². The molecule has 16 heavy (non-hydrogen) atoms. The summed E-state index contributed by atoms with van der Waals surface area (Å²) < 4.78 is 5.14. The largest absolute Gasteiger partial charge is 0.444 e. The normalized spacial score (nSPS) is 26.4. The molecular formula is C11H18BrNO3. The number of carbonyl (C=O) groups is 2. The SMILES string of the molecule is CC(C)(C)OC(=O)N[C@H]1CC(=O)CC[C@H]1Br. The van der Waals surface area contributed by atoms with E-state index in [2.05, 4.69) is 21.2 Å². The lowest BCUT2D eigenvalue weighted by molar-refractivity contribution is -0.120. The standard InChI is InChI=1S/C11H18BrNO3/c1-11(2,3)16-10(15)13-9-6-7(14)4-5-8(9)12/h8-9H,4-6H2,1-3H3,(H,13,15)/t8-,9+/m1/s1. The molecule has 1 saturated carbocycles. The zero-order valence-electron chi connectivity index (χ0n) is 9.88. The molecule has 1 rings (SSSR count). The van der Waals surface area contributed by atoms with Crippen LogP contribution < -0.4 is 5.32 Å². The summed E-state index contributed by atoms with van der Waals surface area (Å²) in [7, 11) is 0. The summed E-state index contributed by atoms with van der Waals surface area (Å²) in [6.07, 6.45) is 1.27. The molecular weight excluding hydrogens is 274 g/mol. The van der Waals surface area contributed by atoms with E-state index in [9.17, 15) is 9.59 Å². The molecule has 0 spiro atoms. The highest BCUT2D eigenvalue weighted by Gasteiger charge is 2.30. The van der Waals surface area contributed by atoms with Gasteiger partial charge in [0.05, 0.1) is 6.04 Å². The maximum atomic E-state index is 11.5. The monoisotopic (exact) mass is 291 g/mol. The van der Waals surface area contributed by atoms with Crippen molar-refractivity contribution in [3.8, 4) is 0 Å². The van der Waals surface area contributed by atoms with Gasteiger partial charge < -0.3 is 10.1 Å². The van der Waals surface area contributed by atoms with Crippen LogP contribution in [-0.2, 0) is 9.53 Å². The van der Waals surface area contributed by atoms with E-state index < -0.39 is 11.7 Å². The Morgan fingerprint density at radius 1 is 1.50 bits per heavy atom. The third kappa shape index (κ3) is 4.51. The van der Waals surface area contributed by atoms with E-state index in [-0.39, 0.29) is 16.7 Å². The Hall–Kier alpha value is -0.580. The van der Waals surface area contributed by atoms with Gasteiger partial charge in [0.25, 0.3) is 0 Å². The number of alkyl carbamates (subject to hydrolysis) is 1. The number of hydrogen-bond acceptors (Lipinski definition) is 3. The predicted molar refractivity (Wildman–Crippen MR) is 64.7 cm³/mol. The lowest BCUT2D eigenvalue weighted by Crippen LogP contribution is -2.46. The third-order valence-electron chi connectivity index (χ3n) is 2.29. The van der Waals surface area contributed by atoms with Gasteiger partial charge in [-0.1, -0.05) is 15.9 Å². The zero-order valence-corrected chi connectivity index (χ0v) is 11.5. The molecule has 1 fully saturated rings. The first-order chi connectivity index (χ1) is 7.28. The Balaban J connectivity index is 2.46. The van der Waals surface area contributed by atoms with Gasteiger partial charge in [0.2, 0.25) is 0 Å². The second-order valence-electron chi connectivity index (χ2n) is 5.05. The number of rotatable bonds is 1. The minimum Gasteiger partial charge on any atom is -0.444 e. The Bertz CT molecular complexity index is 285. The molecule has 4 nitrogen and oxygen atoms in total. The lowest BCUT2D eigenvalue weighted by Gasteiger charge is -2.28. The van der Waals surface area contributed by atoms with Gasteiger partial charge >= 0.3 is 6.09 Å². The van der Waals surface area contributed by atoms with E-state index in [0.29, 0.717) is 12.8 Å². The van der Waals surface area contributed by atoms with Crippen molar-refractivity contribution in [3.63, 3.8) is 0 Å². The van der Waals surface area contributed by atoms with Crippen molar-refractivity contribution in [1.29, 1.82) is 0 Å². The molecule has 1 amide bonds. The second kappa shape index (κ2) is 5.17. The first-order valence-electron chi connectivity index (χ1n) is 5.43. The molecule has 0 aliphatic heterocycles. The van der Waals surface area contributed by atoms with Crippen molar-refractivity contribution < 1.29 is 14.3 Å². The highest BCUT2D eigenvalue weighted by Crippen LogP contribution is 2.22. The van der Waals surface area contributed by atoms with Crippen LogP contribution >= 0.6 is 15.9 Å². The maximum Gasteiger partial charge on any atom is 0.407 e. The summed E-state index contributed by atoms with van der Waals surface area (Å²) in [6.45, 7) is 5.43. The Labute approximate surface area is 104 Å². The van der Waals surface area contributed by atoms with E-state index in [0.717, 1.165) is 6.42 Å². The van der Waals surface area contributed by atoms with Crippen molar-refractivity contribution in [3.05, 3.63) is 0 Å². The first kappa shape index (κ1) is 13.5. The fraction of sp³-hybridized carbons (Fsp3) is 0.818. The molecule has 0 unspecified atom stereocenters. The van der Waals surface area contributed by atoms with E-state index >= 15 is 0 Å². The quantitative estimate of drug-likeness (QED) is 0.755. The Kier molecular flexibility index (Phi) is 4.35. The fourth-order valence-corrected chi connectivity index (χ4v) is 2.12. The van der Waals surface area contributed by atoms with Gasteiger partial charge in [-0.05, 0) is 27.2 Å². The van der Waals surface area contributed by atoms with Crippen molar-refractivity contribution in [1.82, 2.24) is 5.32 Å². The van der Waals surface area contributed by atoms with Gasteiger partial charge in [-0.25, -0.2) is 4.79 Å². The molecule has 1 N–H and O–H groups in total. The van der Waals surface area contributed by atoms with Crippen LogP contribution in [0.1, 0.15) is 40.0 Å². The fourth-order valence-electron chi connectivity index (χ4n) is 1.58. The van der Waals surface area contributed by atoms with Crippen LogP contribution in [0.3, 0.4) is 0 Å². The summed E-state index contributed by atoms with van der Waals surface area (Å²) in [5, 5.41) is 2.73. The molecule has 0 saturated heterocycles. The predicted octanol–water partition coefficient (Wildman–Crippen LogP) is 2.40. The molecule has 0 aromatic rings. The number of alkyl halides is 1. The van der Waals surface area contributed by atoms with Crippen LogP contribution in [0.5, 0.6) is 0 Å². The van der Waals surface area contributed by atoms with Gasteiger partial charge in [-0.3, -0.25) is 4.79 Å². The van der Waals surface area contributed by atoms with E-state index in [1.54, 1.807) is 0 Å². The number of carbonyl (C=O) groups excluding carboxylic acids is 2. The molecule has 5 heteroatoms. The van der Waals surface area contributed by atoms with Crippen LogP contribution in [0.2, 0.25) is 0 Å². The molecule has 2 atom stereocenters. The van der Waals surface area contributed by atoms with E-state index in [1.165, 1.54) is 0 Å². The smallest absolute Gasteiger partial charge is 0.407 e. The Morgan fingerprint density at radius 2 is 2.12 bits per heavy atom. The molecule has 0 bridgehead atoms. The number of Topliss-reactive ketones (excluding diaryl/α,β-unsaturated/α-hetero) is 1. The average Bonchev–Trinajstić information content (AvgIpc) is 2.08. The first-order valence-corrected chi connectivity index (χ1v) is 6.35. The van der Waals surface area contributed by atoms with Crippen LogP contribution in [-0.4, -0.2) is 28.3 Å². The van der Waals surface area contributed by atoms with Crippen molar-refractivity contribution >= 4 is 27.8 Å². The van der Waals surface area contributed by atoms with Crippen molar-refractivity contribution in [2.45, 2.75) is 56.5 Å². The number of hydrogen-bond donors (Lipinski definition) is 1. The molecule has 92 valence electrons. The summed E-state index contributed by atoms with van der Waals surface area (Å²) in [6, 6.07) is -0.156. The maximum absolute atomic E-state index is 11.5. The summed E-state index contributed by atoms with van der Waals surface area (Å²) in [5.74, 6) is 0.191. The van der Waals surface area contributed by atoms with Crippen LogP contribution in [0, 0.1) is 0 Å². The molecule has 1 aliphatic rings. The average molecular weight is 292 g/mol. The van der Waals surface area contributed by atoms with Crippen molar-refractivity contribution in [2.75, 3.05) is 0 Å². The zero-order chi connectivity index (χ0) is 12.3. The van der Waals surface area contributed by atoms with Crippen molar-refractivity contribution in [2.24, 2.45) is 0 Å². The number of ketones is 1. The van der Waals surface area contributed by atoms with Gasteiger partial charge in [-0.2, -0.15) is 0 Å². The van der Waals surface area contributed by atoms with Crippen LogP contribution in [0.15, 0.2) is 0 Å². The lowest BCUT2D eigenvalue weighted by atomic mass is 9.94. The minimum atomic E-state index is -0.509. The van der Waals surface area contributed by atoms with E-state index in [1.807, 2.05) is 20.8 Å². The second-order valence-corrected chi connectivity index (χ2v) is 6.23. The number of ether oxygens (including phenoxy) is 1. The van der Waals surface area contributed by atoms with Gasteiger partial charge in [0, 0.05) is 17.7 Å². The minimum absolute atomic E-state index is 0.151. The summed E-state index contributed by atoms with van der Waals surface area (Å²) in [4.78, 5) is 22.9. The third-order valence-corrected chi connectivity index (χ3v) is 3.38. The molecule has 1 aliphatic carbocycles. The van der Waals surface area contributed by atoms with Gasteiger partial charge in [0.15, 0.2) is 0 Å². The highest BCUT2D eigenvalue weighted by molar-refractivity contribution is 9.09. The molecule has 0 heterocycles.